The molecule has 0 atom stereocenters. The summed E-state index contributed by atoms with van der Waals surface area (Å²) in [5.74, 6) is 0. The molecule has 0 saturated heterocycles. The first-order valence-corrected chi connectivity index (χ1v) is 4.32. The van der Waals surface area contributed by atoms with Crippen LogP contribution in [0, 0.1) is 11.3 Å². The molecule has 0 amide bonds. The average Bonchev–Trinajstić information content (AvgIpc) is 2.03. The van der Waals surface area contributed by atoms with Gasteiger partial charge in [-0.2, -0.15) is 13.7 Å². The van der Waals surface area contributed by atoms with E-state index in [1.807, 2.05) is 0 Å². The van der Waals surface area contributed by atoms with Crippen molar-refractivity contribution in [2.75, 3.05) is 0 Å². The van der Waals surface area contributed by atoms with Crippen molar-refractivity contribution in [1.29, 1.82) is 5.26 Å². The van der Waals surface area contributed by atoms with Crippen LogP contribution in [0.3, 0.4) is 0 Å². The van der Waals surface area contributed by atoms with E-state index in [4.69, 9.17) is 9.81 Å². The van der Waals surface area contributed by atoms with E-state index >= 15 is 0 Å². The van der Waals surface area contributed by atoms with E-state index < -0.39 is 15.1 Å². The Morgan fingerprint density at radius 1 is 1.58 bits per heavy atom. The Balaban J connectivity index is 3.47. The van der Waals surface area contributed by atoms with Crippen LogP contribution < -0.4 is 0 Å². The number of rotatable bonds is 1. The van der Waals surface area contributed by atoms with Crippen molar-refractivity contribution in [2.45, 2.75) is 5.03 Å². The van der Waals surface area contributed by atoms with Crippen LogP contribution in [0.2, 0.25) is 0 Å². The predicted molar refractivity (Wildman–Crippen MR) is 38.8 cm³/mol. The van der Waals surface area contributed by atoms with Crippen LogP contribution in [-0.4, -0.2) is 18.0 Å². The van der Waals surface area contributed by atoms with Crippen molar-refractivity contribution in [2.24, 2.45) is 0 Å². The third kappa shape index (κ3) is 1.58. The normalized spacial score (nSPS) is 10.7. The molecule has 62 valence electrons. The summed E-state index contributed by atoms with van der Waals surface area (Å²) in [4.78, 5) is 3.36. The molecule has 1 aromatic rings. The van der Waals surface area contributed by atoms with Crippen LogP contribution >= 0.6 is 0 Å². The minimum Gasteiger partial charge on any atom is -0.281 e. The predicted octanol–water partition coefficient (Wildman–Crippen LogP) is 0.200. The molecule has 0 spiro atoms. The number of nitrogens with zero attached hydrogens (tertiary/aromatic N) is 2. The van der Waals surface area contributed by atoms with E-state index in [-0.39, 0.29) is 5.56 Å². The van der Waals surface area contributed by atoms with Crippen molar-refractivity contribution >= 4 is 10.1 Å². The van der Waals surface area contributed by atoms with Crippen LogP contribution in [0.4, 0.5) is 0 Å². The third-order valence-corrected chi connectivity index (χ3v) is 1.95. The first-order chi connectivity index (χ1) is 5.55. The Labute approximate surface area is 69.0 Å². The molecule has 0 aliphatic carbocycles. The number of pyridine rings is 1. The lowest BCUT2D eigenvalue weighted by atomic mass is 10.3. The zero-order valence-electron chi connectivity index (χ0n) is 5.80. The Kier molecular flexibility index (Phi) is 2.08. The molecule has 0 saturated carbocycles. The Morgan fingerprint density at radius 3 is 2.67 bits per heavy atom. The number of hydrogen-bond donors (Lipinski definition) is 1. The third-order valence-electron chi connectivity index (χ3n) is 1.14. The lowest BCUT2D eigenvalue weighted by molar-refractivity contribution is 0.479. The van der Waals surface area contributed by atoms with Gasteiger partial charge in [-0.1, -0.05) is 0 Å². The van der Waals surface area contributed by atoms with Crippen molar-refractivity contribution in [3.05, 3.63) is 23.9 Å². The molecule has 6 heteroatoms. The van der Waals surface area contributed by atoms with Crippen LogP contribution in [0.1, 0.15) is 5.56 Å². The fourth-order valence-electron chi connectivity index (χ4n) is 0.681. The van der Waals surface area contributed by atoms with Crippen molar-refractivity contribution in [1.82, 2.24) is 4.98 Å². The molecule has 0 bridgehead atoms. The Hall–Kier alpha value is -1.45. The summed E-state index contributed by atoms with van der Waals surface area (Å²) in [5, 5.41) is 7.81. The molecule has 0 unspecified atom stereocenters. The highest BCUT2D eigenvalue weighted by Crippen LogP contribution is 2.09. The van der Waals surface area contributed by atoms with E-state index in [2.05, 4.69) is 4.98 Å². The molecule has 0 radical (unpaired) electrons. The van der Waals surface area contributed by atoms with Gasteiger partial charge in [0, 0.05) is 6.20 Å². The fourth-order valence-corrected chi connectivity index (χ4v) is 1.27. The number of hydrogen-bond acceptors (Lipinski definition) is 4. The van der Waals surface area contributed by atoms with Crippen LogP contribution in [0.25, 0.3) is 0 Å². The van der Waals surface area contributed by atoms with E-state index in [9.17, 15) is 8.42 Å². The maximum absolute atomic E-state index is 10.6. The molecule has 1 aromatic heterocycles. The molecule has 1 rings (SSSR count). The van der Waals surface area contributed by atoms with Gasteiger partial charge in [-0.3, -0.25) is 4.55 Å². The SMILES string of the molecule is N#Cc1cccnc1S(=O)(=O)O. The van der Waals surface area contributed by atoms with Gasteiger partial charge in [0.15, 0.2) is 5.03 Å². The first-order valence-electron chi connectivity index (χ1n) is 2.88. The first kappa shape index (κ1) is 8.64. The van der Waals surface area contributed by atoms with Crippen molar-refractivity contribution in [3.8, 4) is 6.07 Å². The smallest absolute Gasteiger partial charge is 0.281 e. The molecule has 0 fully saturated rings. The summed E-state index contributed by atoms with van der Waals surface area (Å²) in [6, 6.07) is 4.27. The summed E-state index contributed by atoms with van der Waals surface area (Å²) in [7, 11) is -4.38. The van der Waals surface area contributed by atoms with Crippen LogP contribution in [0.15, 0.2) is 23.4 Å². The molecule has 1 heterocycles. The van der Waals surface area contributed by atoms with Gasteiger partial charge in [-0.25, -0.2) is 4.98 Å². The van der Waals surface area contributed by atoms with Gasteiger partial charge >= 0.3 is 10.1 Å². The monoisotopic (exact) mass is 184 g/mol. The van der Waals surface area contributed by atoms with Crippen molar-refractivity contribution < 1.29 is 13.0 Å². The largest absolute Gasteiger partial charge is 0.313 e. The second kappa shape index (κ2) is 2.89. The maximum atomic E-state index is 10.6. The average molecular weight is 184 g/mol. The molecular weight excluding hydrogens is 180 g/mol. The molecule has 0 aliphatic rings. The van der Waals surface area contributed by atoms with Gasteiger partial charge in [0.25, 0.3) is 0 Å². The molecule has 1 N–H and O–H groups in total. The highest BCUT2D eigenvalue weighted by atomic mass is 32.2. The summed E-state index contributed by atoms with van der Waals surface area (Å²) >= 11 is 0. The highest BCUT2D eigenvalue weighted by Gasteiger charge is 2.15. The van der Waals surface area contributed by atoms with E-state index in [1.165, 1.54) is 18.3 Å². The van der Waals surface area contributed by atoms with Gasteiger partial charge in [0.2, 0.25) is 0 Å². The topological polar surface area (TPSA) is 91.0 Å². The summed E-state index contributed by atoms with van der Waals surface area (Å²) in [5.41, 5.74) is -0.167. The maximum Gasteiger partial charge on any atom is 0.313 e. The standard InChI is InChI=1S/C6H4N2O3S/c7-4-5-2-1-3-8-6(5)12(9,10)11/h1-3H,(H,9,10,11). The lowest BCUT2D eigenvalue weighted by Crippen LogP contribution is -2.03. The molecular formula is C6H4N2O3S. The van der Waals surface area contributed by atoms with Crippen LogP contribution in [0.5, 0.6) is 0 Å². The number of nitriles is 1. The summed E-state index contributed by atoms with van der Waals surface area (Å²) in [6.45, 7) is 0. The second-order valence-electron chi connectivity index (χ2n) is 1.94. The van der Waals surface area contributed by atoms with Crippen molar-refractivity contribution in [3.63, 3.8) is 0 Å². The number of aromatic nitrogens is 1. The molecule has 5 nitrogen and oxygen atoms in total. The zero-order chi connectivity index (χ0) is 9.19. The van der Waals surface area contributed by atoms with Crippen LogP contribution in [-0.2, 0) is 10.1 Å². The molecule has 12 heavy (non-hydrogen) atoms. The quantitative estimate of drug-likeness (QED) is 0.629. The summed E-state index contributed by atoms with van der Waals surface area (Å²) < 4.78 is 29.7. The highest BCUT2D eigenvalue weighted by molar-refractivity contribution is 7.85. The van der Waals surface area contributed by atoms with Gasteiger partial charge in [-0.15, -0.1) is 0 Å². The minimum absolute atomic E-state index is 0.167. The summed E-state index contributed by atoms with van der Waals surface area (Å²) in [6.07, 6.45) is 1.18. The van der Waals surface area contributed by atoms with E-state index in [0.717, 1.165) is 0 Å². The van der Waals surface area contributed by atoms with Gasteiger partial charge in [0.05, 0.1) is 5.56 Å². The lowest BCUT2D eigenvalue weighted by Gasteiger charge is -1.95. The second-order valence-corrected chi connectivity index (χ2v) is 3.28. The minimum atomic E-state index is -4.38. The van der Waals surface area contributed by atoms with Gasteiger partial charge in [0.1, 0.15) is 6.07 Å². The van der Waals surface area contributed by atoms with E-state index in [0.29, 0.717) is 0 Å². The fraction of sp³-hybridized carbons (Fsp3) is 0. The van der Waals surface area contributed by atoms with Gasteiger partial charge in [-0.05, 0) is 12.1 Å². The molecule has 0 aliphatic heterocycles. The Morgan fingerprint density at radius 2 is 2.25 bits per heavy atom. The Bertz CT molecular complexity index is 432. The zero-order valence-corrected chi connectivity index (χ0v) is 6.61. The molecule has 0 aromatic carbocycles. The van der Waals surface area contributed by atoms with E-state index in [1.54, 1.807) is 6.07 Å². The van der Waals surface area contributed by atoms with Gasteiger partial charge < -0.3 is 0 Å².